The monoisotopic (exact) mass is 786 g/mol. The SMILES string of the molecule is CNc1nc(OCc2cc(OCCOS(C)(=O)=O)ccn2)c2c(-c3ccc4ncc(OCc5ccc(OC)cc5)cc4c3)cn(COCC[Si](C)(C)C)c2n1. The van der Waals surface area contributed by atoms with Crippen molar-refractivity contribution in [1.82, 2.24) is 24.5 Å². The first-order valence-electron chi connectivity index (χ1n) is 17.7. The summed E-state index contributed by atoms with van der Waals surface area (Å²) in [6.07, 6.45) is 6.34. The molecule has 0 unspecified atom stereocenters. The minimum Gasteiger partial charge on any atom is -0.497 e. The third kappa shape index (κ3) is 10.9. The molecule has 0 aliphatic carbocycles. The first-order valence-corrected chi connectivity index (χ1v) is 23.3. The zero-order valence-electron chi connectivity index (χ0n) is 31.9. The van der Waals surface area contributed by atoms with Crippen LogP contribution < -0.4 is 24.3 Å². The molecule has 4 aromatic heterocycles. The van der Waals surface area contributed by atoms with Crippen LogP contribution in [0.5, 0.6) is 23.1 Å². The highest BCUT2D eigenvalue weighted by atomic mass is 32.2. The summed E-state index contributed by atoms with van der Waals surface area (Å²) in [5.74, 6) is 2.67. The van der Waals surface area contributed by atoms with E-state index in [1.807, 2.05) is 53.2 Å². The highest BCUT2D eigenvalue weighted by molar-refractivity contribution is 7.85. The zero-order chi connectivity index (χ0) is 39.0. The molecule has 0 saturated heterocycles. The topological polar surface area (TPSA) is 158 Å². The van der Waals surface area contributed by atoms with Crippen molar-refractivity contribution < 1.29 is 36.3 Å². The molecule has 0 aliphatic rings. The lowest BCUT2D eigenvalue weighted by Crippen LogP contribution is -2.22. The van der Waals surface area contributed by atoms with Gasteiger partial charge in [-0.25, -0.2) is 0 Å². The molecule has 290 valence electrons. The molecule has 0 aliphatic heterocycles. The average Bonchev–Trinajstić information content (AvgIpc) is 3.54. The summed E-state index contributed by atoms with van der Waals surface area (Å²) in [6, 6.07) is 20.2. The minimum absolute atomic E-state index is 0.0455. The van der Waals surface area contributed by atoms with Gasteiger partial charge in [-0.1, -0.05) is 37.8 Å². The Morgan fingerprint density at radius 2 is 1.65 bits per heavy atom. The molecule has 0 amide bonds. The van der Waals surface area contributed by atoms with Gasteiger partial charge in [0, 0.05) is 51.1 Å². The third-order valence-electron chi connectivity index (χ3n) is 8.46. The van der Waals surface area contributed by atoms with Gasteiger partial charge in [-0.15, -0.1) is 0 Å². The summed E-state index contributed by atoms with van der Waals surface area (Å²) in [5.41, 5.74) is 4.81. The molecule has 0 fully saturated rings. The van der Waals surface area contributed by atoms with Crippen LogP contribution in [0.4, 0.5) is 5.95 Å². The fraction of sp³-hybridized carbons (Fsp3) is 0.333. The predicted octanol–water partition coefficient (Wildman–Crippen LogP) is 6.92. The fourth-order valence-corrected chi connectivity index (χ4v) is 6.71. The second kappa shape index (κ2) is 17.4. The number of nitrogens with zero attached hydrogens (tertiary/aromatic N) is 5. The number of methoxy groups -OCH3 is 1. The van der Waals surface area contributed by atoms with Crippen molar-refractivity contribution in [2.24, 2.45) is 0 Å². The second-order valence-electron chi connectivity index (χ2n) is 14.0. The van der Waals surface area contributed by atoms with Crippen LogP contribution in [0.2, 0.25) is 25.7 Å². The Morgan fingerprint density at radius 3 is 2.40 bits per heavy atom. The Bertz CT molecular complexity index is 2350. The highest BCUT2D eigenvalue weighted by Gasteiger charge is 2.21. The minimum atomic E-state index is -3.56. The number of nitrogens with one attached hydrogen (secondary N) is 1. The van der Waals surface area contributed by atoms with Crippen LogP contribution >= 0.6 is 0 Å². The first-order chi connectivity index (χ1) is 26.4. The summed E-state index contributed by atoms with van der Waals surface area (Å²) in [7, 11) is -1.47. The molecule has 2 aromatic carbocycles. The van der Waals surface area contributed by atoms with Gasteiger partial charge >= 0.3 is 0 Å². The van der Waals surface area contributed by atoms with Gasteiger partial charge in [-0.3, -0.25) is 14.2 Å². The molecular formula is C39H46N6O8SSi. The molecule has 14 nitrogen and oxygen atoms in total. The Morgan fingerprint density at radius 1 is 0.836 bits per heavy atom. The van der Waals surface area contributed by atoms with Crippen LogP contribution in [-0.2, 0) is 39.0 Å². The van der Waals surface area contributed by atoms with Crippen molar-refractivity contribution in [3.05, 3.63) is 90.5 Å². The van der Waals surface area contributed by atoms with Crippen molar-refractivity contribution in [3.8, 4) is 34.3 Å². The van der Waals surface area contributed by atoms with E-state index in [1.165, 1.54) is 0 Å². The summed E-state index contributed by atoms with van der Waals surface area (Å²) in [4.78, 5) is 18.7. The maximum Gasteiger partial charge on any atom is 0.264 e. The molecule has 0 radical (unpaired) electrons. The third-order valence-corrected chi connectivity index (χ3v) is 10.8. The predicted molar refractivity (Wildman–Crippen MR) is 214 cm³/mol. The van der Waals surface area contributed by atoms with Crippen LogP contribution in [0.25, 0.3) is 33.1 Å². The maximum atomic E-state index is 11.3. The lowest BCUT2D eigenvalue weighted by molar-refractivity contribution is 0.0899. The number of anilines is 1. The van der Waals surface area contributed by atoms with Gasteiger partial charge in [-0.2, -0.15) is 18.4 Å². The first kappa shape index (κ1) is 39.4. The van der Waals surface area contributed by atoms with E-state index in [0.29, 0.717) is 60.0 Å². The van der Waals surface area contributed by atoms with E-state index in [9.17, 15) is 8.42 Å². The Labute approximate surface area is 321 Å². The van der Waals surface area contributed by atoms with Crippen LogP contribution in [0, 0.1) is 0 Å². The average molecular weight is 787 g/mol. The van der Waals surface area contributed by atoms with E-state index in [1.54, 1.807) is 38.7 Å². The van der Waals surface area contributed by atoms with Crippen molar-refractivity contribution in [3.63, 3.8) is 0 Å². The Hall–Kier alpha value is -5.29. The number of benzene rings is 2. The molecule has 16 heteroatoms. The van der Waals surface area contributed by atoms with Gasteiger partial charge in [0.2, 0.25) is 11.8 Å². The van der Waals surface area contributed by atoms with Gasteiger partial charge in [0.1, 0.15) is 50.4 Å². The normalized spacial score (nSPS) is 11.9. The molecule has 0 spiro atoms. The van der Waals surface area contributed by atoms with Crippen LogP contribution in [0.1, 0.15) is 11.3 Å². The van der Waals surface area contributed by atoms with Gasteiger partial charge in [-0.05, 0) is 53.6 Å². The number of ether oxygens (including phenoxy) is 5. The molecule has 0 atom stereocenters. The van der Waals surface area contributed by atoms with Crippen LogP contribution in [-0.4, -0.2) is 81.2 Å². The van der Waals surface area contributed by atoms with Gasteiger partial charge in [0.25, 0.3) is 10.1 Å². The largest absolute Gasteiger partial charge is 0.497 e. The Balaban J connectivity index is 1.31. The molecular weight excluding hydrogens is 741 g/mol. The molecule has 1 N–H and O–H groups in total. The number of aromatic nitrogens is 5. The molecule has 6 rings (SSSR count). The van der Waals surface area contributed by atoms with E-state index in [4.69, 9.17) is 37.8 Å². The van der Waals surface area contributed by atoms with E-state index in [0.717, 1.165) is 45.6 Å². The number of hydrogen-bond donors (Lipinski definition) is 1. The van der Waals surface area contributed by atoms with Crippen molar-refractivity contribution >= 4 is 46.1 Å². The molecule has 0 bridgehead atoms. The van der Waals surface area contributed by atoms with Crippen molar-refractivity contribution in [2.45, 2.75) is 45.6 Å². The van der Waals surface area contributed by atoms with E-state index < -0.39 is 18.2 Å². The summed E-state index contributed by atoms with van der Waals surface area (Å²) in [6.45, 7) is 8.30. The van der Waals surface area contributed by atoms with Crippen LogP contribution in [0.15, 0.2) is 79.3 Å². The molecule has 0 saturated carbocycles. The lowest BCUT2D eigenvalue weighted by Gasteiger charge is -2.15. The smallest absolute Gasteiger partial charge is 0.264 e. The number of fused-ring (bicyclic) bond motifs is 2. The van der Waals surface area contributed by atoms with Gasteiger partial charge in [0.05, 0.1) is 36.2 Å². The zero-order valence-corrected chi connectivity index (χ0v) is 33.7. The van der Waals surface area contributed by atoms with Crippen molar-refractivity contribution in [1.29, 1.82) is 0 Å². The number of rotatable bonds is 19. The van der Waals surface area contributed by atoms with Gasteiger partial charge < -0.3 is 33.6 Å². The number of hydrogen-bond acceptors (Lipinski definition) is 13. The van der Waals surface area contributed by atoms with Crippen molar-refractivity contribution in [2.75, 3.05) is 45.6 Å². The standard InChI is InChI=1S/C39H46N6O8SSi/c1-40-39-43-37-36(38(44-39)52-25-30-21-32(13-14-41-30)50-15-16-53-54(3,46)47)34(23-45(37)26-49-17-18-55(4,5)6)28-9-12-35-29(19-28)20-33(22-42-35)51-24-27-7-10-31(48-2)11-8-27/h7-14,19-23H,15-18,24-26H2,1-6H3,(H,40,43,44). The maximum absolute atomic E-state index is 11.3. The highest BCUT2D eigenvalue weighted by Crippen LogP contribution is 2.38. The molecule has 55 heavy (non-hydrogen) atoms. The van der Waals surface area contributed by atoms with E-state index >= 15 is 0 Å². The second-order valence-corrected chi connectivity index (χ2v) is 21.3. The number of pyridine rings is 2. The van der Waals surface area contributed by atoms with E-state index in [-0.39, 0.29) is 19.8 Å². The quantitative estimate of drug-likeness (QED) is 0.0513. The van der Waals surface area contributed by atoms with E-state index in [2.05, 4.69) is 41.0 Å². The van der Waals surface area contributed by atoms with Gasteiger partial charge in [0.15, 0.2) is 5.65 Å². The molecule has 4 heterocycles. The Kier molecular flexibility index (Phi) is 12.5. The summed E-state index contributed by atoms with van der Waals surface area (Å²) in [5, 5.41) is 4.66. The van der Waals surface area contributed by atoms with Crippen LogP contribution in [0.3, 0.4) is 0 Å². The summed E-state index contributed by atoms with van der Waals surface area (Å²) >= 11 is 0. The lowest BCUT2D eigenvalue weighted by atomic mass is 10.0. The summed E-state index contributed by atoms with van der Waals surface area (Å²) < 4.78 is 59.0. The molecule has 6 aromatic rings. The fourth-order valence-electron chi connectivity index (χ4n) is 5.59.